The Morgan fingerprint density at radius 1 is 1.24 bits per heavy atom. The fraction of sp³-hybridized carbons (Fsp3) is 0.667. The molecule has 1 atom stereocenters. The predicted octanol–water partition coefficient (Wildman–Crippen LogP) is 4.09. The third-order valence-electron chi connectivity index (χ3n) is 5.19. The van der Waals surface area contributed by atoms with E-state index in [4.69, 9.17) is 9.73 Å². The van der Waals surface area contributed by atoms with Crippen molar-refractivity contribution >= 4 is 29.9 Å². The van der Waals surface area contributed by atoms with Gasteiger partial charge in [0.25, 0.3) is 6.43 Å². The fourth-order valence-corrected chi connectivity index (χ4v) is 3.44. The summed E-state index contributed by atoms with van der Waals surface area (Å²) in [6, 6.07) is 8.46. The third-order valence-corrected chi connectivity index (χ3v) is 5.19. The number of halogens is 3. The number of ether oxygens (including phenoxy) is 1. The number of hydrogen-bond donors (Lipinski definition) is 2. The van der Waals surface area contributed by atoms with Crippen molar-refractivity contribution in [3.05, 3.63) is 29.8 Å². The molecule has 0 amide bonds. The minimum Gasteiger partial charge on any atom is -0.497 e. The van der Waals surface area contributed by atoms with Crippen molar-refractivity contribution in [2.75, 3.05) is 39.8 Å². The van der Waals surface area contributed by atoms with Gasteiger partial charge in [-0.05, 0) is 49.8 Å². The van der Waals surface area contributed by atoms with Crippen molar-refractivity contribution in [3.63, 3.8) is 0 Å². The number of hydrogen-bond acceptors (Lipinski definition) is 3. The summed E-state index contributed by atoms with van der Waals surface area (Å²) < 4.78 is 30.2. The van der Waals surface area contributed by atoms with Gasteiger partial charge in [-0.15, -0.1) is 24.0 Å². The lowest BCUT2D eigenvalue weighted by Gasteiger charge is -2.32. The molecule has 1 heterocycles. The summed E-state index contributed by atoms with van der Waals surface area (Å²) in [5.41, 5.74) is 1.28. The highest BCUT2D eigenvalue weighted by Gasteiger charge is 2.21. The monoisotopic (exact) mass is 524 g/mol. The van der Waals surface area contributed by atoms with Crippen LogP contribution >= 0.6 is 24.0 Å². The number of nitrogens with one attached hydrogen (secondary N) is 2. The van der Waals surface area contributed by atoms with Crippen LogP contribution in [0.2, 0.25) is 0 Å². The molecule has 0 radical (unpaired) electrons. The van der Waals surface area contributed by atoms with Gasteiger partial charge in [-0.1, -0.05) is 19.1 Å². The summed E-state index contributed by atoms with van der Waals surface area (Å²) >= 11 is 0. The Hall–Kier alpha value is -1.16. The van der Waals surface area contributed by atoms with Crippen molar-refractivity contribution in [1.82, 2.24) is 15.5 Å². The smallest absolute Gasteiger partial charge is 0.251 e. The van der Waals surface area contributed by atoms with E-state index in [9.17, 15) is 8.78 Å². The van der Waals surface area contributed by atoms with E-state index in [1.807, 2.05) is 24.0 Å². The molecule has 1 fully saturated rings. The molecule has 2 rings (SSSR count). The summed E-state index contributed by atoms with van der Waals surface area (Å²) in [7, 11) is 1.67. The Bertz CT molecular complexity index is 593. The van der Waals surface area contributed by atoms with Crippen LogP contribution in [0.4, 0.5) is 8.78 Å². The molecule has 0 aromatic heterocycles. The molecule has 0 saturated carbocycles. The second-order valence-electron chi connectivity index (χ2n) is 7.33. The van der Waals surface area contributed by atoms with E-state index < -0.39 is 6.43 Å². The van der Waals surface area contributed by atoms with Crippen LogP contribution in [0.3, 0.4) is 0 Å². The number of likely N-dealkylation sites (tertiary alicyclic amines) is 1. The molecular formula is C21H35F2IN4O. The summed E-state index contributed by atoms with van der Waals surface area (Å²) in [6.45, 7) is 7.06. The first-order valence-electron chi connectivity index (χ1n) is 10.2. The topological polar surface area (TPSA) is 48.9 Å². The van der Waals surface area contributed by atoms with E-state index in [-0.39, 0.29) is 36.6 Å². The van der Waals surface area contributed by atoms with Crippen LogP contribution in [0.15, 0.2) is 29.3 Å². The average molecular weight is 524 g/mol. The standard InChI is InChI=1S/C21H34F2N4O.HI/c1-4-24-21(26-18-10-13-27(14-11-18)15-20(22)23)25-12-9-16(2)17-5-7-19(28-3)8-6-17;/h5-8,16,18,20H,4,9-15H2,1-3H3,(H2,24,25,26);1H. The van der Waals surface area contributed by atoms with Gasteiger partial charge in [0.1, 0.15) is 5.75 Å². The maximum absolute atomic E-state index is 12.5. The number of alkyl halides is 2. The number of nitrogens with zero attached hydrogens (tertiary/aromatic N) is 2. The van der Waals surface area contributed by atoms with E-state index in [0.29, 0.717) is 19.0 Å². The van der Waals surface area contributed by atoms with Crippen molar-refractivity contribution in [2.24, 2.45) is 4.99 Å². The van der Waals surface area contributed by atoms with E-state index in [0.717, 1.165) is 44.1 Å². The highest BCUT2D eigenvalue weighted by Crippen LogP contribution is 2.21. The number of aliphatic imine (C=N–C) groups is 1. The van der Waals surface area contributed by atoms with Gasteiger partial charge in [-0.25, -0.2) is 8.78 Å². The Labute approximate surface area is 190 Å². The SMILES string of the molecule is CCNC(=NCCC(C)c1ccc(OC)cc1)NC1CCN(CC(F)F)CC1.I. The van der Waals surface area contributed by atoms with Crippen molar-refractivity contribution in [2.45, 2.75) is 51.5 Å². The molecule has 1 aliphatic heterocycles. The zero-order chi connectivity index (χ0) is 20.4. The second kappa shape index (κ2) is 14.0. The lowest BCUT2D eigenvalue weighted by molar-refractivity contribution is 0.0744. The zero-order valence-corrected chi connectivity index (χ0v) is 20.0. The van der Waals surface area contributed by atoms with Crippen LogP contribution in [0.25, 0.3) is 0 Å². The summed E-state index contributed by atoms with van der Waals surface area (Å²) in [6.07, 6.45) is 0.421. The van der Waals surface area contributed by atoms with Crippen molar-refractivity contribution < 1.29 is 13.5 Å². The Morgan fingerprint density at radius 3 is 2.45 bits per heavy atom. The van der Waals surface area contributed by atoms with Crippen LogP contribution in [0.5, 0.6) is 5.75 Å². The second-order valence-corrected chi connectivity index (χ2v) is 7.33. The van der Waals surface area contributed by atoms with E-state index >= 15 is 0 Å². The summed E-state index contributed by atoms with van der Waals surface area (Å²) in [5.74, 6) is 2.10. The van der Waals surface area contributed by atoms with E-state index in [1.54, 1.807) is 7.11 Å². The molecule has 166 valence electrons. The van der Waals surface area contributed by atoms with Crippen LogP contribution in [-0.4, -0.2) is 63.2 Å². The average Bonchev–Trinajstić information content (AvgIpc) is 2.69. The molecule has 5 nitrogen and oxygen atoms in total. The quantitative estimate of drug-likeness (QED) is 0.290. The normalized spacial score (nSPS) is 17.0. The lowest BCUT2D eigenvalue weighted by Crippen LogP contribution is -2.49. The molecule has 29 heavy (non-hydrogen) atoms. The number of guanidine groups is 1. The van der Waals surface area contributed by atoms with E-state index in [1.165, 1.54) is 5.56 Å². The molecule has 1 aliphatic rings. The molecule has 1 saturated heterocycles. The molecule has 1 unspecified atom stereocenters. The number of methoxy groups -OCH3 is 1. The van der Waals surface area contributed by atoms with Gasteiger partial charge in [0.2, 0.25) is 0 Å². The molecular weight excluding hydrogens is 489 g/mol. The minimum absolute atomic E-state index is 0. The summed E-state index contributed by atoms with van der Waals surface area (Å²) in [4.78, 5) is 6.55. The van der Waals surface area contributed by atoms with Gasteiger partial charge in [-0.2, -0.15) is 0 Å². The maximum Gasteiger partial charge on any atom is 0.251 e. The van der Waals surface area contributed by atoms with E-state index in [2.05, 4.69) is 29.7 Å². The molecule has 0 spiro atoms. The van der Waals surface area contributed by atoms with Crippen LogP contribution < -0.4 is 15.4 Å². The molecule has 2 N–H and O–H groups in total. The zero-order valence-electron chi connectivity index (χ0n) is 17.7. The number of rotatable bonds is 9. The third kappa shape index (κ3) is 9.46. The molecule has 0 aliphatic carbocycles. The van der Waals surface area contributed by atoms with Gasteiger partial charge < -0.3 is 15.4 Å². The van der Waals surface area contributed by atoms with Gasteiger partial charge in [0.15, 0.2) is 5.96 Å². The van der Waals surface area contributed by atoms with Crippen LogP contribution in [0.1, 0.15) is 44.6 Å². The molecule has 8 heteroatoms. The predicted molar refractivity (Wildman–Crippen MR) is 126 cm³/mol. The maximum atomic E-state index is 12.5. The molecule has 0 bridgehead atoms. The first kappa shape index (κ1) is 25.9. The van der Waals surface area contributed by atoms with Crippen molar-refractivity contribution in [3.8, 4) is 5.75 Å². The van der Waals surface area contributed by atoms with Crippen molar-refractivity contribution in [1.29, 1.82) is 0 Å². The molecule has 1 aromatic carbocycles. The Kier molecular flexibility index (Phi) is 12.4. The van der Waals surface area contributed by atoms with Gasteiger partial charge in [0, 0.05) is 32.2 Å². The Balaban J connectivity index is 0.00000420. The summed E-state index contributed by atoms with van der Waals surface area (Å²) in [5, 5.41) is 6.76. The number of piperidine rings is 1. The largest absolute Gasteiger partial charge is 0.497 e. The first-order chi connectivity index (χ1) is 13.5. The van der Waals surface area contributed by atoms with Gasteiger partial charge in [-0.3, -0.25) is 9.89 Å². The van der Waals surface area contributed by atoms with Crippen LogP contribution in [0, 0.1) is 0 Å². The highest BCUT2D eigenvalue weighted by molar-refractivity contribution is 14.0. The first-order valence-corrected chi connectivity index (χ1v) is 10.2. The molecule has 1 aromatic rings. The Morgan fingerprint density at radius 2 is 1.90 bits per heavy atom. The lowest BCUT2D eigenvalue weighted by atomic mass is 9.98. The van der Waals surface area contributed by atoms with Gasteiger partial charge in [0.05, 0.1) is 13.7 Å². The van der Waals surface area contributed by atoms with Gasteiger partial charge >= 0.3 is 0 Å². The van der Waals surface area contributed by atoms with Crippen LogP contribution in [-0.2, 0) is 0 Å². The minimum atomic E-state index is -2.25. The highest BCUT2D eigenvalue weighted by atomic mass is 127. The number of benzene rings is 1. The fourth-order valence-electron chi connectivity index (χ4n) is 3.44.